The molecule has 158 valence electrons. The fourth-order valence-corrected chi connectivity index (χ4v) is 4.40. The van der Waals surface area contributed by atoms with E-state index in [1.807, 2.05) is 4.90 Å². The van der Waals surface area contributed by atoms with Crippen LogP contribution in [0.1, 0.15) is 36.0 Å². The highest BCUT2D eigenvalue weighted by Gasteiger charge is 2.32. The molecule has 0 bridgehead atoms. The molecule has 2 aliphatic rings. The van der Waals surface area contributed by atoms with Crippen LogP contribution < -0.4 is 10.5 Å². The predicted molar refractivity (Wildman–Crippen MR) is 114 cm³/mol. The van der Waals surface area contributed by atoms with E-state index in [1.54, 1.807) is 25.3 Å². The van der Waals surface area contributed by atoms with Gasteiger partial charge in [0.25, 0.3) is 5.91 Å². The van der Waals surface area contributed by atoms with Gasteiger partial charge in [-0.1, -0.05) is 11.6 Å². The van der Waals surface area contributed by atoms with Crippen LogP contribution in [0.4, 0.5) is 0 Å². The molecule has 0 atom stereocenters. The van der Waals surface area contributed by atoms with Gasteiger partial charge < -0.3 is 20.1 Å². The van der Waals surface area contributed by atoms with E-state index in [1.165, 1.54) is 0 Å². The number of methoxy groups -OCH3 is 1. The van der Waals surface area contributed by atoms with Crippen molar-refractivity contribution in [3.05, 3.63) is 28.8 Å². The van der Waals surface area contributed by atoms with E-state index < -0.39 is 0 Å². The topological polar surface area (TPSA) is 68.0 Å². The normalized spacial score (nSPS) is 18.8. The molecule has 28 heavy (non-hydrogen) atoms. The van der Waals surface area contributed by atoms with Crippen molar-refractivity contribution in [3.8, 4) is 5.75 Å². The summed E-state index contributed by atoms with van der Waals surface area (Å²) in [6.45, 7) is 4.74. The Hall–Kier alpha value is -1.05. The summed E-state index contributed by atoms with van der Waals surface area (Å²) in [5.41, 5.74) is 6.45. The van der Waals surface area contributed by atoms with Crippen LogP contribution in [0.15, 0.2) is 18.2 Å². The highest BCUT2D eigenvalue weighted by Crippen LogP contribution is 2.27. The first-order chi connectivity index (χ1) is 13.1. The first-order valence-electron chi connectivity index (χ1n) is 9.80. The van der Waals surface area contributed by atoms with E-state index in [2.05, 4.69) is 4.90 Å². The second-order valence-electron chi connectivity index (χ2n) is 7.24. The summed E-state index contributed by atoms with van der Waals surface area (Å²) < 4.78 is 10.9. The Morgan fingerprint density at radius 1 is 1.25 bits per heavy atom. The molecule has 2 fully saturated rings. The lowest BCUT2D eigenvalue weighted by molar-refractivity contribution is 0.00414. The van der Waals surface area contributed by atoms with Gasteiger partial charge in [-0.15, -0.1) is 12.4 Å². The highest BCUT2D eigenvalue weighted by molar-refractivity contribution is 6.30. The molecular weight excluding hydrogens is 401 g/mol. The van der Waals surface area contributed by atoms with Gasteiger partial charge in [0, 0.05) is 56.5 Å². The van der Waals surface area contributed by atoms with Crippen molar-refractivity contribution < 1.29 is 14.3 Å². The van der Waals surface area contributed by atoms with E-state index >= 15 is 0 Å². The van der Waals surface area contributed by atoms with E-state index in [0.29, 0.717) is 35.0 Å². The van der Waals surface area contributed by atoms with Crippen LogP contribution in [0.3, 0.4) is 0 Å². The number of hydrogen-bond acceptors (Lipinski definition) is 5. The highest BCUT2D eigenvalue weighted by atomic mass is 35.5. The maximum Gasteiger partial charge on any atom is 0.257 e. The Balaban J connectivity index is 0.00000280. The number of likely N-dealkylation sites (tertiary alicyclic amines) is 1. The first kappa shape index (κ1) is 23.2. The number of carbonyl (C=O) groups is 1. The second kappa shape index (κ2) is 11.2. The largest absolute Gasteiger partial charge is 0.496 e. The van der Waals surface area contributed by atoms with Crippen molar-refractivity contribution in [3.63, 3.8) is 0 Å². The van der Waals surface area contributed by atoms with Crippen LogP contribution in [0.5, 0.6) is 5.75 Å². The number of nitrogens with zero attached hydrogens (tertiary/aromatic N) is 2. The minimum atomic E-state index is 0. The molecule has 0 aromatic heterocycles. The number of halogens is 2. The van der Waals surface area contributed by atoms with Gasteiger partial charge in [-0.05, 0) is 43.9 Å². The lowest BCUT2D eigenvalue weighted by atomic mass is 9.97. The molecule has 1 amide bonds. The number of amides is 1. The molecule has 2 aliphatic heterocycles. The average Bonchev–Trinajstić information content (AvgIpc) is 2.72. The summed E-state index contributed by atoms with van der Waals surface area (Å²) in [7, 11) is 1.56. The van der Waals surface area contributed by atoms with Gasteiger partial charge in [0.1, 0.15) is 5.75 Å². The fraction of sp³-hybridized carbons (Fsp3) is 0.650. The standard InChI is InChI=1S/C20H30ClN3O3.ClH/c1-26-19-14-15(21)2-3-18(19)20(25)23-9-4-16(5-10-23)24(11-8-22)17-6-12-27-13-7-17;/h2-3,14,16-17H,4-13,22H2,1H3;1H. The summed E-state index contributed by atoms with van der Waals surface area (Å²) in [5, 5.41) is 0.566. The number of carbonyl (C=O) groups excluding carboxylic acids is 1. The van der Waals surface area contributed by atoms with Crippen molar-refractivity contribution in [1.82, 2.24) is 9.80 Å². The molecule has 0 radical (unpaired) electrons. The van der Waals surface area contributed by atoms with Crippen LogP contribution in [0.25, 0.3) is 0 Å². The first-order valence-corrected chi connectivity index (χ1v) is 10.2. The monoisotopic (exact) mass is 431 g/mol. The Bertz CT molecular complexity index is 633. The molecule has 2 N–H and O–H groups in total. The van der Waals surface area contributed by atoms with Gasteiger partial charge in [0.05, 0.1) is 12.7 Å². The smallest absolute Gasteiger partial charge is 0.257 e. The Morgan fingerprint density at radius 2 is 1.89 bits per heavy atom. The molecule has 3 rings (SSSR count). The third-order valence-corrected chi connectivity index (χ3v) is 5.90. The number of hydrogen-bond donors (Lipinski definition) is 1. The van der Waals surface area contributed by atoms with Gasteiger partial charge in [-0.2, -0.15) is 0 Å². The van der Waals surface area contributed by atoms with Crippen LogP contribution in [0.2, 0.25) is 5.02 Å². The molecule has 1 aromatic carbocycles. The zero-order chi connectivity index (χ0) is 19.2. The number of ether oxygens (including phenoxy) is 2. The third kappa shape index (κ3) is 5.51. The van der Waals surface area contributed by atoms with Crippen molar-refractivity contribution in [2.75, 3.05) is 46.5 Å². The van der Waals surface area contributed by atoms with Gasteiger partial charge in [-0.3, -0.25) is 9.69 Å². The van der Waals surface area contributed by atoms with Crippen molar-refractivity contribution >= 4 is 29.9 Å². The van der Waals surface area contributed by atoms with Crippen LogP contribution in [-0.4, -0.2) is 74.3 Å². The molecule has 8 heteroatoms. The van der Waals surface area contributed by atoms with Crippen molar-refractivity contribution in [2.24, 2.45) is 5.73 Å². The zero-order valence-electron chi connectivity index (χ0n) is 16.4. The molecule has 0 aliphatic carbocycles. The van der Waals surface area contributed by atoms with E-state index in [9.17, 15) is 4.79 Å². The number of nitrogens with two attached hydrogens (primary N) is 1. The quantitative estimate of drug-likeness (QED) is 0.749. The number of piperidine rings is 1. The lowest BCUT2D eigenvalue weighted by Crippen LogP contribution is -2.52. The van der Waals surface area contributed by atoms with E-state index in [0.717, 1.165) is 58.5 Å². The molecule has 6 nitrogen and oxygen atoms in total. The van der Waals surface area contributed by atoms with Gasteiger partial charge >= 0.3 is 0 Å². The fourth-order valence-electron chi connectivity index (χ4n) is 4.24. The maximum atomic E-state index is 12.9. The SMILES string of the molecule is COc1cc(Cl)ccc1C(=O)N1CCC(N(CCN)C2CCOCC2)CC1.Cl. The van der Waals surface area contributed by atoms with Crippen molar-refractivity contribution in [1.29, 1.82) is 0 Å². The molecule has 1 aromatic rings. The number of benzene rings is 1. The summed E-state index contributed by atoms with van der Waals surface area (Å²) in [6, 6.07) is 6.20. The van der Waals surface area contributed by atoms with Gasteiger partial charge in [0.2, 0.25) is 0 Å². The predicted octanol–water partition coefficient (Wildman–Crippen LogP) is 2.81. The van der Waals surface area contributed by atoms with E-state index in [4.69, 9.17) is 26.8 Å². The summed E-state index contributed by atoms with van der Waals surface area (Å²) in [6.07, 6.45) is 4.08. The van der Waals surface area contributed by atoms with Gasteiger partial charge in [0.15, 0.2) is 0 Å². The third-order valence-electron chi connectivity index (χ3n) is 5.66. The van der Waals surface area contributed by atoms with Crippen LogP contribution >= 0.6 is 24.0 Å². The van der Waals surface area contributed by atoms with Crippen LogP contribution in [-0.2, 0) is 4.74 Å². The minimum absolute atomic E-state index is 0. The maximum absolute atomic E-state index is 12.9. The lowest BCUT2D eigenvalue weighted by Gasteiger charge is -2.43. The second-order valence-corrected chi connectivity index (χ2v) is 7.67. The Morgan fingerprint density at radius 3 is 2.50 bits per heavy atom. The molecule has 2 heterocycles. The summed E-state index contributed by atoms with van der Waals surface area (Å²) in [4.78, 5) is 17.4. The van der Waals surface area contributed by atoms with E-state index in [-0.39, 0.29) is 18.3 Å². The molecule has 2 saturated heterocycles. The van der Waals surface area contributed by atoms with Gasteiger partial charge in [-0.25, -0.2) is 0 Å². The molecule has 0 spiro atoms. The Kier molecular flexibility index (Phi) is 9.31. The van der Waals surface area contributed by atoms with Crippen LogP contribution in [0, 0.1) is 0 Å². The average molecular weight is 432 g/mol. The summed E-state index contributed by atoms with van der Waals surface area (Å²) >= 11 is 6.01. The zero-order valence-corrected chi connectivity index (χ0v) is 18.0. The summed E-state index contributed by atoms with van der Waals surface area (Å²) in [5.74, 6) is 0.542. The Labute approximate surface area is 178 Å². The molecule has 0 unspecified atom stereocenters. The molecular formula is C20H31Cl2N3O3. The molecule has 0 saturated carbocycles. The number of rotatable bonds is 6. The van der Waals surface area contributed by atoms with Crippen molar-refractivity contribution in [2.45, 2.75) is 37.8 Å². The minimum Gasteiger partial charge on any atom is -0.496 e.